The molecule has 0 saturated carbocycles. The molecule has 2 heterocycles. The molecule has 0 fully saturated rings. The van der Waals surface area contributed by atoms with E-state index < -0.39 is 0 Å². The predicted octanol–water partition coefficient (Wildman–Crippen LogP) is 3.50. The number of hydrogen-bond donors (Lipinski definition) is 2. The Morgan fingerprint density at radius 2 is 2.17 bits per heavy atom. The van der Waals surface area contributed by atoms with E-state index in [1.165, 1.54) is 27.2 Å². The first-order valence-corrected chi connectivity index (χ1v) is 6.72. The van der Waals surface area contributed by atoms with Crippen LogP contribution in [0.15, 0.2) is 24.3 Å². The van der Waals surface area contributed by atoms with E-state index in [4.69, 9.17) is 0 Å². The first-order chi connectivity index (χ1) is 8.66. The van der Waals surface area contributed by atoms with E-state index in [1.54, 1.807) is 0 Å². The van der Waals surface area contributed by atoms with Gasteiger partial charge in [0.15, 0.2) is 0 Å². The van der Waals surface area contributed by atoms with Gasteiger partial charge in [-0.05, 0) is 30.4 Å². The van der Waals surface area contributed by atoms with Crippen molar-refractivity contribution in [2.75, 3.05) is 6.54 Å². The molecule has 1 atom stereocenters. The molecule has 2 aromatic rings. The lowest BCUT2D eigenvalue weighted by Gasteiger charge is -2.31. The number of para-hydroxylation sites is 1. The Kier molecular flexibility index (Phi) is 2.88. The van der Waals surface area contributed by atoms with Crippen LogP contribution in [-0.2, 0) is 6.42 Å². The molecule has 1 unspecified atom stereocenters. The summed E-state index contributed by atoms with van der Waals surface area (Å²) < 4.78 is 0. The minimum Gasteiger partial charge on any atom is -0.357 e. The van der Waals surface area contributed by atoms with Gasteiger partial charge in [-0.2, -0.15) is 5.06 Å². The number of nitrogens with one attached hydrogen (secondary N) is 1. The van der Waals surface area contributed by atoms with Crippen LogP contribution in [-0.4, -0.2) is 21.8 Å². The van der Waals surface area contributed by atoms with Crippen molar-refractivity contribution in [1.29, 1.82) is 0 Å². The van der Waals surface area contributed by atoms with Gasteiger partial charge in [-0.3, -0.25) is 0 Å². The van der Waals surface area contributed by atoms with E-state index in [-0.39, 0.29) is 6.04 Å². The molecule has 0 aliphatic carbocycles. The molecule has 3 nitrogen and oxygen atoms in total. The van der Waals surface area contributed by atoms with Gasteiger partial charge in [-0.1, -0.05) is 32.0 Å². The van der Waals surface area contributed by atoms with Crippen molar-refractivity contribution >= 4 is 10.9 Å². The second-order valence-corrected chi connectivity index (χ2v) is 5.62. The summed E-state index contributed by atoms with van der Waals surface area (Å²) in [5.41, 5.74) is 3.78. The summed E-state index contributed by atoms with van der Waals surface area (Å²) in [5.74, 6) is 0.571. The zero-order valence-electron chi connectivity index (χ0n) is 11.0. The summed E-state index contributed by atoms with van der Waals surface area (Å²) in [6.45, 7) is 5.13. The molecule has 0 bridgehead atoms. The minimum atomic E-state index is 0.112. The van der Waals surface area contributed by atoms with Crippen LogP contribution in [0.4, 0.5) is 0 Å². The van der Waals surface area contributed by atoms with Crippen molar-refractivity contribution in [2.24, 2.45) is 5.92 Å². The summed E-state index contributed by atoms with van der Waals surface area (Å²) in [6, 6.07) is 8.53. The Balaban J connectivity index is 2.10. The molecule has 18 heavy (non-hydrogen) atoms. The Labute approximate surface area is 107 Å². The second kappa shape index (κ2) is 4.41. The Morgan fingerprint density at radius 3 is 2.94 bits per heavy atom. The lowest BCUT2D eigenvalue weighted by atomic mass is 9.93. The third-order valence-electron chi connectivity index (χ3n) is 3.83. The van der Waals surface area contributed by atoms with Crippen LogP contribution >= 0.6 is 0 Å². The first kappa shape index (κ1) is 11.8. The lowest BCUT2D eigenvalue weighted by molar-refractivity contribution is -0.138. The predicted molar refractivity (Wildman–Crippen MR) is 72.7 cm³/mol. The van der Waals surface area contributed by atoms with E-state index >= 15 is 0 Å². The van der Waals surface area contributed by atoms with Crippen LogP contribution in [0, 0.1) is 5.92 Å². The van der Waals surface area contributed by atoms with E-state index in [0.717, 1.165) is 19.4 Å². The van der Waals surface area contributed by atoms with E-state index in [1.807, 2.05) is 0 Å². The van der Waals surface area contributed by atoms with Crippen LogP contribution < -0.4 is 0 Å². The van der Waals surface area contributed by atoms with Crippen LogP contribution in [0.2, 0.25) is 0 Å². The standard InChI is InChI=1S/C15H20N2O/c1-10(2)9-14-15-12(7-8-17(14)18)11-5-3-4-6-13(11)16-15/h3-6,10,14,16,18H,7-9H2,1-2H3. The number of hydroxylamine groups is 2. The van der Waals surface area contributed by atoms with Crippen LogP contribution in [0.5, 0.6) is 0 Å². The number of hydrogen-bond acceptors (Lipinski definition) is 2. The topological polar surface area (TPSA) is 39.3 Å². The summed E-state index contributed by atoms with van der Waals surface area (Å²) in [5, 5.41) is 12.9. The molecular formula is C15H20N2O. The average molecular weight is 244 g/mol. The quantitative estimate of drug-likeness (QED) is 0.848. The van der Waals surface area contributed by atoms with Gasteiger partial charge in [-0.15, -0.1) is 0 Å². The number of aromatic nitrogens is 1. The lowest BCUT2D eigenvalue weighted by Crippen LogP contribution is -2.33. The Bertz CT molecular complexity index is 559. The Hall–Kier alpha value is -1.32. The summed E-state index contributed by atoms with van der Waals surface area (Å²) in [6.07, 6.45) is 1.90. The zero-order chi connectivity index (χ0) is 12.7. The SMILES string of the molecule is CC(C)CC1c2[nH]c3ccccc3c2CCN1O. The number of H-pyrrole nitrogens is 1. The van der Waals surface area contributed by atoms with Crippen molar-refractivity contribution in [3.8, 4) is 0 Å². The third kappa shape index (κ3) is 1.84. The number of fused-ring (bicyclic) bond motifs is 3. The molecule has 3 heteroatoms. The van der Waals surface area contributed by atoms with Gasteiger partial charge in [-0.25, -0.2) is 0 Å². The van der Waals surface area contributed by atoms with Crippen molar-refractivity contribution in [3.63, 3.8) is 0 Å². The van der Waals surface area contributed by atoms with Gasteiger partial charge in [0.1, 0.15) is 0 Å². The smallest absolute Gasteiger partial charge is 0.0754 e. The molecule has 3 rings (SSSR count). The molecule has 0 saturated heterocycles. The Morgan fingerprint density at radius 1 is 1.39 bits per heavy atom. The van der Waals surface area contributed by atoms with Gasteiger partial charge in [0.05, 0.1) is 6.04 Å². The number of aromatic amines is 1. The number of benzene rings is 1. The van der Waals surface area contributed by atoms with Crippen molar-refractivity contribution in [2.45, 2.75) is 32.7 Å². The number of rotatable bonds is 2. The molecule has 1 aliphatic rings. The van der Waals surface area contributed by atoms with Crippen molar-refractivity contribution in [3.05, 3.63) is 35.5 Å². The molecule has 2 N–H and O–H groups in total. The fourth-order valence-electron chi connectivity index (χ4n) is 2.99. The fourth-order valence-corrected chi connectivity index (χ4v) is 2.99. The van der Waals surface area contributed by atoms with Crippen LogP contribution in [0.1, 0.15) is 37.6 Å². The summed E-state index contributed by atoms with van der Waals surface area (Å²) >= 11 is 0. The van der Waals surface area contributed by atoms with Gasteiger partial charge in [0.2, 0.25) is 0 Å². The maximum Gasteiger partial charge on any atom is 0.0754 e. The fraction of sp³-hybridized carbons (Fsp3) is 0.467. The van der Waals surface area contributed by atoms with E-state index in [9.17, 15) is 5.21 Å². The maximum absolute atomic E-state index is 10.1. The van der Waals surface area contributed by atoms with Crippen molar-refractivity contribution in [1.82, 2.24) is 10.0 Å². The monoisotopic (exact) mass is 244 g/mol. The largest absolute Gasteiger partial charge is 0.357 e. The zero-order valence-corrected chi connectivity index (χ0v) is 11.0. The highest BCUT2D eigenvalue weighted by molar-refractivity contribution is 5.85. The molecule has 1 aliphatic heterocycles. The highest BCUT2D eigenvalue weighted by atomic mass is 16.5. The molecule has 0 spiro atoms. The normalized spacial score (nSPS) is 20.6. The molecule has 1 aromatic carbocycles. The first-order valence-electron chi connectivity index (χ1n) is 6.72. The number of nitrogens with zero attached hydrogens (tertiary/aromatic N) is 1. The molecule has 0 amide bonds. The van der Waals surface area contributed by atoms with Crippen LogP contribution in [0.25, 0.3) is 10.9 Å². The summed E-state index contributed by atoms with van der Waals surface area (Å²) in [4.78, 5) is 3.50. The van der Waals surface area contributed by atoms with Gasteiger partial charge in [0.25, 0.3) is 0 Å². The highest BCUT2D eigenvalue weighted by Crippen LogP contribution is 2.36. The third-order valence-corrected chi connectivity index (χ3v) is 3.83. The average Bonchev–Trinajstić information content (AvgIpc) is 2.71. The molecule has 96 valence electrons. The maximum atomic E-state index is 10.1. The van der Waals surface area contributed by atoms with Gasteiger partial charge >= 0.3 is 0 Å². The molecule has 0 radical (unpaired) electrons. The summed E-state index contributed by atoms with van der Waals surface area (Å²) in [7, 11) is 0. The van der Waals surface area contributed by atoms with Crippen molar-refractivity contribution < 1.29 is 5.21 Å². The minimum absolute atomic E-state index is 0.112. The van der Waals surface area contributed by atoms with E-state index in [2.05, 4.69) is 43.1 Å². The molecule has 1 aromatic heterocycles. The second-order valence-electron chi connectivity index (χ2n) is 5.62. The van der Waals surface area contributed by atoms with Gasteiger partial charge < -0.3 is 10.2 Å². The van der Waals surface area contributed by atoms with Gasteiger partial charge in [0, 0.05) is 23.1 Å². The van der Waals surface area contributed by atoms with E-state index in [0.29, 0.717) is 5.92 Å². The molecular weight excluding hydrogens is 224 g/mol. The highest BCUT2D eigenvalue weighted by Gasteiger charge is 2.29. The van der Waals surface area contributed by atoms with Crippen LogP contribution in [0.3, 0.4) is 0 Å².